The van der Waals surface area contributed by atoms with Crippen LogP contribution in [0.3, 0.4) is 0 Å². The third-order valence-corrected chi connectivity index (χ3v) is 2.51. The van der Waals surface area contributed by atoms with Gasteiger partial charge in [-0.1, -0.05) is 15.9 Å². The Hall–Kier alpha value is -1.23. The number of ether oxygens (including phenoxy) is 1. The van der Waals surface area contributed by atoms with Crippen molar-refractivity contribution in [3.63, 3.8) is 0 Å². The van der Waals surface area contributed by atoms with Crippen molar-refractivity contribution in [3.8, 4) is 0 Å². The molecule has 0 fully saturated rings. The van der Waals surface area contributed by atoms with E-state index in [1.165, 1.54) is 4.90 Å². The zero-order valence-corrected chi connectivity index (χ0v) is 12.0. The van der Waals surface area contributed by atoms with Crippen molar-refractivity contribution >= 4 is 33.4 Å². The van der Waals surface area contributed by atoms with Gasteiger partial charge in [-0.05, 0) is 39.0 Å². The Bertz CT molecular complexity index is 427. The van der Waals surface area contributed by atoms with E-state index in [-0.39, 0.29) is 0 Å². The quantitative estimate of drug-likeness (QED) is 0.809. The number of carbonyl (C=O) groups is 1. The number of nitrogens with zero attached hydrogens (tertiary/aromatic N) is 1. The average molecular weight is 301 g/mol. The van der Waals surface area contributed by atoms with E-state index in [1.54, 1.807) is 19.2 Å². The monoisotopic (exact) mass is 300 g/mol. The molecule has 0 aromatic heterocycles. The zero-order valence-electron chi connectivity index (χ0n) is 10.5. The molecule has 2 N–H and O–H groups in total. The minimum atomic E-state index is -0.518. The second-order valence-corrected chi connectivity index (χ2v) is 5.66. The molecule has 0 bridgehead atoms. The maximum Gasteiger partial charge on any atom is 0.414 e. The van der Waals surface area contributed by atoms with E-state index in [2.05, 4.69) is 15.9 Å². The zero-order chi connectivity index (χ0) is 13.2. The van der Waals surface area contributed by atoms with E-state index in [0.29, 0.717) is 11.4 Å². The number of carbonyl (C=O) groups excluding carboxylic acids is 1. The van der Waals surface area contributed by atoms with Gasteiger partial charge in [0.2, 0.25) is 0 Å². The Morgan fingerprint density at radius 2 is 2.00 bits per heavy atom. The van der Waals surface area contributed by atoms with Gasteiger partial charge in [0.1, 0.15) is 5.60 Å². The molecule has 0 saturated carbocycles. The Balaban J connectivity index is 2.89. The number of rotatable bonds is 1. The lowest BCUT2D eigenvalue weighted by molar-refractivity contribution is 0.0589. The SMILES string of the molecule is CN(C(=O)OC(C)(C)C)c1ccc(Br)cc1N. The van der Waals surface area contributed by atoms with Crippen molar-refractivity contribution in [2.24, 2.45) is 0 Å². The minimum Gasteiger partial charge on any atom is -0.443 e. The molecular weight excluding hydrogens is 284 g/mol. The maximum atomic E-state index is 11.8. The van der Waals surface area contributed by atoms with Crippen LogP contribution in [-0.2, 0) is 4.74 Å². The van der Waals surface area contributed by atoms with E-state index in [1.807, 2.05) is 26.8 Å². The van der Waals surface area contributed by atoms with Crippen molar-refractivity contribution in [2.75, 3.05) is 17.7 Å². The summed E-state index contributed by atoms with van der Waals surface area (Å²) in [6, 6.07) is 5.34. The van der Waals surface area contributed by atoms with E-state index < -0.39 is 11.7 Å². The fourth-order valence-electron chi connectivity index (χ4n) is 1.26. The molecule has 94 valence electrons. The van der Waals surface area contributed by atoms with Crippen LogP contribution in [0.15, 0.2) is 22.7 Å². The predicted octanol–water partition coefficient (Wildman–Crippen LogP) is 3.40. The van der Waals surface area contributed by atoms with E-state index in [9.17, 15) is 4.79 Å². The van der Waals surface area contributed by atoms with Gasteiger partial charge in [0.05, 0.1) is 11.4 Å². The van der Waals surface area contributed by atoms with Gasteiger partial charge < -0.3 is 10.5 Å². The number of anilines is 2. The molecule has 4 nitrogen and oxygen atoms in total. The van der Waals surface area contributed by atoms with Crippen LogP contribution >= 0.6 is 15.9 Å². The molecule has 0 spiro atoms. The lowest BCUT2D eigenvalue weighted by Crippen LogP contribution is -2.34. The molecule has 1 amide bonds. The first kappa shape index (κ1) is 13.8. The Kier molecular flexibility index (Phi) is 4.03. The summed E-state index contributed by atoms with van der Waals surface area (Å²) < 4.78 is 6.13. The molecule has 17 heavy (non-hydrogen) atoms. The second kappa shape index (κ2) is 4.96. The van der Waals surface area contributed by atoms with Crippen molar-refractivity contribution in [2.45, 2.75) is 26.4 Å². The van der Waals surface area contributed by atoms with Gasteiger partial charge in [0.25, 0.3) is 0 Å². The molecule has 1 rings (SSSR count). The van der Waals surface area contributed by atoms with Crippen LogP contribution < -0.4 is 10.6 Å². The number of hydrogen-bond donors (Lipinski definition) is 1. The molecule has 0 aliphatic carbocycles. The molecule has 0 atom stereocenters. The van der Waals surface area contributed by atoms with Crippen LogP contribution in [0.5, 0.6) is 0 Å². The minimum absolute atomic E-state index is 0.425. The molecule has 0 aliphatic rings. The van der Waals surface area contributed by atoms with Crippen LogP contribution in [0.2, 0.25) is 0 Å². The normalized spacial score (nSPS) is 11.1. The fraction of sp³-hybridized carbons (Fsp3) is 0.417. The van der Waals surface area contributed by atoms with Gasteiger partial charge in [-0.3, -0.25) is 4.90 Å². The Morgan fingerprint density at radius 1 is 1.41 bits per heavy atom. The number of nitrogen functional groups attached to an aromatic ring is 1. The molecule has 0 radical (unpaired) electrons. The van der Waals surface area contributed by atoms with Crippen LogP contribution in [0, 0.1) is 0 Å². The van der Waals surface area contributed by atoms with Gasteiger partial charge in [0, 0.05) is 11.5 Å². The lowest BCUT2D eigenvalue weighted by Gasteiger charge is -2.25. The molecule has 0 aliphatic heterocycles. The lowest BCUT2D eigenvalue weighted by atomic mass is 10.2. The summed E-state index contributed by atoms with van der Waals surface area (Å²) in [6.07, 6.45) is -0.425. The van der Waals surface area contributed by atoms with E-state index >= 15 is 0 Å². The van der Waals surface area contributed by atoms with Gasteiger partial charge in [-0.15, -0.1) is 0 Å². The Labute approximate surface area is 110 Å². The number of halogens is 1. The van der Waals surface area contributed by atoms with E-state index in [4.69, 9.17) is 10.5 Å². The summed E-state index contributed by atoms with van der Waals surface area (Å²) in [5.41, 5.74) is 6.47. The summed E-state index contributed by atoms with van der Waals surface area (Å²) >= 11 is 3.32. The second-order valence-electron chi connectivity index (χ2n) is 4.74. The standard InChI is InChI=1S/C12H17BrN2O2/c1-12(2,3)17-11(16)15(4)10-6-5-8(13)7-9(10)14/h5-7H,14H2,1-4H3. The fourth-order valence-corrected chi connectivity index (χ4v) is 1.64. The van der Waals surface area contributed by atoms with Crippen LogP contribution in [0.1, 0.15) is 20.8 Å². The molecule has 0 saturated heterocycles. The first-order valence-electron chi connectivity index (χ1n) is 5.22. The summed E-state index contributed by atoms with van der Waals surface area (Å²) in [6.45, 7) is 5.47. The molecular formula is C12H17BrN2O2. The van der Waals surface area contributed by atoms with Gasteiger partial charge in [-0.2, -0.15) is 0 Å². The number of hydrogen-bond acceptors (Lipinski definition) is 3. The van der Waals surface area contributed by atoms with Crippen molar-refractivity contribution < 1.29 is 9.53 Å². The highest BCUT2D eigenvalue weighted by atomic mass is 79.9. The van der Waals surface area contributed by atoms with Crippen LogP contribution in [0.4, 0.5) is 16.2 Å². The number of amides is 1. The number of benzene rings is 1. The van der Waals surface area contributed by atoms with Crippen molar-refractivity contribution in [1.82, 2.24) is 0 Å². The highest BCUT2D eigenvalue weighted by molar-refractivity contribution is 9.10. The highest BCUT2D eigenvalue weighted by Gasteiger charge is 2.21. The summed E-state index contributed by atoms with van der Waals surface area (Å²) in [5, 5.41) is 0. The summed E-state index contributed by atoms with van der Waals surface area (Å²) in [5.74, 6) is 0. The number of nitrogens with two attached hydrogens (primary N) is 1. The summed E-state index contributed by atoms with van der Waals surface area (Å²) in [7, 11) is 1.63. The average Bonchev–Trinajstić information content (AvgIpc) is 2.14. The first-order chi connectivity index (χ1) is 7.70. The van der Waals surface area contributed by atoms with Gasteiger partial charge in [-0.25, -0.2) is 4.79 Å². The van der Waals surface area contributed by atoms with E-state index in [0.717, 1.165) is 4.47 Å². The maximum absolute atomic E-state index is 11.8. The third-order valence-electron chi connectivity index (χ3n) is 2.02. The Morgan fingerprint density at radius 3 is 2.47 bits per heavy atom. The molecule has 1 aromatic rings. The van der Waals surface area contributed by atoms with Crippen LogP contribution in [0.25, 0.3) is 0 Å². The van der Waals surface area contributed by atoms with Crippen molar-refractivity contribution in [1.29, 1.82) is 0 Å². The largest absolute Gasteiger partial charge is 0.443 e. The van der Waals surface area contributed by atoms with Gasteiger partial charge >= 0.3 is 6.09 Å². The van der Waals surface area contributed by atoms with Crippen molar-refractivity contribution in [3.05, 3.63) is 22.7 Å². The molecule has 0 unspecified atom stereocenters. The molecule has 1 aromatic carbocycles. The smallest absolute Gasteiger partial charge is 0.414 e. The summed E-state index contributed by atoms with van der Waals surface area (Å²) in [4.78, 5) is 13.2. The predicted molar refractivity (Wildman–Crippen MR) is 73.2 cm³/mol. The highest BCUT2D eigenvalue weighted by Crippen LogP contribution is 2.26. The van der Waals surface area contributed by atoms with Gasteiger partial charge in [0.15, 0.2) is 0 Å². The third kappa shape index (κ3) is 3.93. The molecule has 5 heteroatoms. The first-order valence-corrected chi connectivity index (χ1v) is 6.02. The van der Waals surface area contributed by atoms with Crippen LogP contribution in [-0.4, -0.2) is 18.7 Å². The topological polar surface area (TPSA) is 55.6 Å². The molecule has 0 heterocycles.